The highest BCUT2D eigenvalue weighted by Gasteiger charge is 2.64. The molecule has 0 bridgehead atoms. The van der Waals surface area contributed by atoms with Crippen molar-refractivity contribution in [3.63, 3.8) is 0 Å². The van der Waals surface area contributed by atoms with Crippen LogP contribution in [0.15, 0.2) is 0 Å². The number of amides is 1. The van der Waals surface area contributed by atoms with Gasteiger partial charge in [0, 0.05) is 25.5 Å². The van der Waals surface area contributed by atoms with Crippen LogP contribution in [0.25, 0.3) is 0 Å². The van der Waals surface area contributed by atoms with Gasteiger partial charge in [-0.3, -0.25) is 9.59 Å². The van der Waals surface area contributed by atoms with Crippen LogP contribution in [0.2, 0.25) is 0 Å². The third kappa shape index (κ3) is 8.63. The van der Waals surface area contributed by atoms with Gasteiger partial charge in [0.2, 0.25) is 5.91 Å². The van der Waals surface area contributed by atoms with Crippen LogP contribution in [0.3, 0.4) is 0 Å². The number of carbonyl (C=O) groups is 2. The molecular formula is C37H65NO7. The molecule has 0 saturated heterocycles. The number of nitrogens with one attached hydrogen (secondary N) is 1. The van der Waals surface area contributed by atoms with E-state index in [0.717, 1.165) is 57.8 Å². The maximum atomic E-state index is 13.2. The molecule has 10 atom stereocenters. The van der Waals surface area contributed by atoms with Crippen molar-refractivity contribution in [2.75, 3.05) is 33.0 Å². The average molecular weight is 636 g/mol. The van der Waals surface area contributed by atoms with E-state index in [2.05, 4.69) is 33.0 Å². The van der Waals surface area contributed by atoms with Gasteiger partial charge in [-0.2, -0.15) is 0 Å². The molecule has 4 fully saturated rings. The van der Waals surface area contributed by atoms with Crippen molar-refractivity contribution in [1.82, 2.24) is 5.32 Å². The smallest absolute Gasteiger partial charge is 0.306 e. The number of fused-ring (bicyclic) bond motifs is 5. The Morgan fingerprint density at radius 3 is 2.36 bits per heavy atom. The van der Waals surface area contributed by atoms with Crippen molar-refractivity contribution in [2.45, 2.75) is 149 Å². The van der Waals surface area contributed by atoms with Gasteiger partial charge in [-0.15, -0.1) is 0 Å². The molecule has 0 aliphatic heterocycles. The molecular weight excluding hydrogens is 570 g/mol. The number of unbranched alkanes of at least 4 members (excludes halogenated alkanes) is 3. The zero-order valence-corrected chi connectivity index (χ0v) is 29.1. The van der Waals surface area contributed by atoms with Crippen molar-refractivity contribution in [3.8, 4) is 0 Å². The topological polar surface area (TPSA) is 114 Å². The average Bonchev–Trinajstić information content (AvgIpc) is 3.37. The lowest BCUT2D eigenvalue weighted by atomic mass is 9.43. The second-order valence-electron chi connectivity index (χ2n) is 15.7. The van der Waals surface area contributed by atoms with E-state index in [1.807, 2.05) is 6.92 Å². The predicted molar refractivity (Wildman–Crippen MR) is 175 cm³/mol. The van der Waals surface area contributed by atoms with Gasteiger partial charge in [0.15, 0.2) is 0 Å². The van der Waals surface area contributed by atoms with E-state index in [4.69, 9.17) is 14.2 Å². The first kappa shape index (κ1) is 36.6. The van der Waals surface area contributed by atoms with Crippen LogP contribution >= 0.6 is 0 Å². The predicted octanol–water partition coefficient (Wildman–Crippen LogP) is 6.20. The third-order valence-electron chi connectivity index (χ3n) is 12.9. The van der Waals surface area contributed by atoms with Gasteiger partial charge >= 0.3 is 5.97 Å². The van der Waals surface area contributed by atoms with Gasteiger partial charge in [0.05, 0.1) is 37.9 Å². The van der Waals surface area contributed by atoms with Crippen molar-refractivity contribution < 1.29 is 34.0 Å². The van der Waals surface area contributed by atoms with Crippen LogP contribution in [0.1, 0.15) is 131 Å². The summed E-state index contributed by atoms with van der Waals surface area (Å²) in [4.78, 5) is 25.6. The minimum absolute atomic E-state index is 0.0225. The van der Waals surface area contributed by atoms with Crippen LogP contribution in [0.5, 0.6) is 0 Å². The molecule has 4 saturated carbocycles. The highest BCUT2D eigenvalue weighted by molar-refractivity contribution is 5.81. The molecule has 1 amide bonds. The Morgan fingerprint density at radius 1 is 0.867 bits per heavy atom. The Labute approximate surface area is 273 Å². The molecule has 4 aliphatic carbocycles. The number of ether oxygens (including phenoxy) is 3. The van der Waals surface area contributed by atoms with Crippen molar-refractivity contribution in [3.05, 3.63) is 0 Å². The summed E-state index contributed by atoms with van der Waals surface area (Å²) < 4.78 is 17.0. The number of hydrogen-bond donors (Lipinski definition) is 3. The Morgan fingerprint density at radius 2 is 1.60 bits per heavy atom. The van der Waals surface area contributed by atoms with E-state index in [0.29, 0.717) is 63.1 Å². The zero-order chi connectivity index (χ0) is 32.7. The summed E-state index contributed by atoms with van der Waals surface area (Å²) in [5.41, 5.74) is -0.539. The lowest BCUT2D eigenvalue weighted by Gasteiger charge is -2.63. The van der Waals surface area contributed by atoms with E-state index < -0.39 is 5.60 Å². The third-order valence-corrected chi connectivity index (χ3v) is 12.9. The molecule has 0 aromatic rings. The second-order valence-corrected chi connectivity index (χ2v) is 15.7. The van der Waals surface area contributed by atoms with E-state index in [1.165, 1.54) is 19.3 Å². The lowest BCUT2D eigenvalue weighted by molar-refractivity contribution is -0.197. The van der Waals surface area contributed by atoms with Crippen LogP contribution in [0, 0.1) is 40.4 Å². The number of rotatable bonds is 17. The summed E-state index contributed by atoms with van der Waals surface area (Å²) in [5.74, 6) is 1.45. The van der Waals surface area contributed by atoms with Gasteiger partial charge in [0.1, 0.15) is 6.10 Å². The Balaban J connectivity index is 1.38. The SMILES string of the molecule is CCCCCC[C@](C)(O)C1CC[C@H]2C3C[C@H](OC(=O)CCC(=O)NCCOCCOCC)C4CC(O)CCC4(C)[C@H]3CCC12C. The van der Waals surface area contributed by atoms with Crippen LogP contribution < -0.4 is 5.32 Å². The van der Waals surface area contributed by atoms with Crippen LogP contribution in [-0.4, -0.2) is 72.9 Å². The van der Waals surface area contributed by atoms with E-state index >= 15 is 0 Å². The van der Waals surface area contributed by atoms with Gasteiger partial charge < -0.3 is 29.7 Å². The first-order valence-electron chi connectivity index (χ1n) is 18.5. The molecule has 45 heavy (non-hydrogen) atoms. The molecule has 4 aliphatic rings. The van der Waals surface area contributed by atoms with Gasteiger partial charge in [0.25, 0.3) is 0 Å². The van der Waals surface area contributed by atoms with Gasteiger partial charge in [-0.05, 0) is 106 Å². The molecule has 0 heterocycles. The largest absolute Gasteiger partial charge is 0.462 e. The molecule has 8 nitrogen and oxygen atoms in total. The van der Waals surface area contributed by atoms with Crippen molar-refractivity contribution in [1.29, 1.82) is 0 Å². The number of aliphatic hydroxyl groups excluding tert-OH is 1. The maximum absolute atomic E-state index is 13.2. The fourth-order valence-electron chi connectivity index (χ4n) is 10.6. The molecule has 0 radical (unpaired) electrons. The molecule has 4 rings (SSSR count). The monoisotopic (exact) mass is 635 g/mol. The highest BCUT2D eigenvalue weighted by atomic mass is 16.5. The van der Waals surface area contributed by atoms with Crippen LogP contribution in [-0.2, 0) is 23.8 Å². The standard InChI is InChI=1S/C37H65NO7/c1-6-8-9-10-17-37(5,42)32-12-11-28-27-25-31(45-34(41)14-13-33(40)38-20-21-44-23-22-43-7-2)30-24-26(39)15-18-35(30,3)29(27)16-19-36(28,32)4/h26-32,39,42H,6-25H2,1-5H3,(H,38,40)/t26?,27?,28-,29-,30?,31-,32?,35?,36?,37-/m0/s1. The summed E-state index contributed by atoms with van der Waals surface area (Å²) in [6.45, 7) is 13.6. The fraction of sp³-hybridized carbons (Fsp3) is 0.946. The molecule has 0 aromatic carbocycles. The summed E-state index contributed by atoms with van der Waals surface area (Å²) in [6, 6.07) is 0. The minimum atomic E-state index is -0.651. The fourth-order valence-corrected chi connectivity index (χ4v) is 10.6. The van der Waals surface area contributed by atoms with E-state index in [9.17, 15) is 19.8 Å². The quantitative estimate of drug-likeness (QED) is 0.129. The highest BCUT2D eigenvalue weighted by Crippen LogP contribution is 2.69. The van der Waals surface area contributed by atoms with Crippen LogP contribution in [0.4, 0.5) is 0 Å². The molecule has 260 valence electrons. The Kier molecular flexibility index (Phi) is 13.2. The van der Waals surface area contributed by atoms with E-state index in [-0.39, 0.29) is 53.7 Å². The summed E-state index contributed by atoms with van der Waals surface area (Å²) in [7, 11) is 0. The normalized spacial score (nSPS) is 37.2. The molecule has 3 N–H and O–H groups in total. The van der Waals surface area contributed by atoms with Crippen molar-refractivity contribution >= 4 is 11.9 Å². The zero-order valence-electron chi connectivity index (χ0n) is 29.1. The number of hydrogen-bond acceptors (Lipinski definition) is 7. The van der Waals surface area contributed by atoms with Gasteiger partial charge in [-0.25, -0.2) is 0 Å². The number of carbonyl (C=O) groups excluding carboxylic acids is 2. The number of esters is 1. The molecule has 0 aromatic heterocycles. The summed E-state index contributed by atoms with van der Waals surface area (Å²) in [6.07, 6.45) is 12.9. The molecule has 6 unspecified atom stereocenters. The van der Waals surface area contributed by atoms with Crippen molar-refractivity contribution in [2.24, 2.45) is 40.4 Å². The minimum Gasteiger partial charge on any atom is -0.462 e. The Hall–Kier alpha value is -1.22. The lowest BCUT2D eigenvalue weighted by Crippen LogP contribution is -2.59. The van der Waals surface area contributed by atoms with Gasteiger partial charge in [-0.1, -0.05) is 46.5 Å². The first-order chi connectivity index (χ1) is 21.5. The summed E-state index contributed by atoms with van der Waals surface area (Å²) in [5, 5.41) is 25.4. The first-order valence-corrected chi connectivity index (χ1v) is 18.5. The second kappa shape index (κ2) is 16.3. The maximum Gasteiger partial charge on any atom is 0.306 e. The molecule has 0 spiro atoms. The summed E-state index contributed by atoms with van der Waals surface area (Å²) >= 11 is 0. The molecule has 8 heteroatoms. The Bertz CT molecular complexity index is 957. The van der Waals surface area contributed by atoms with E-state index in [1.54, 1.807) is 0 Å². The number of aliphatic hydroxyl groups is 2.